The second-order valence-corrected chi connectivity index (χ2v) is 10.4. The number of rotatable bonds is 10. The summed E-state index contributed by atoms with van der Waals surface area (Å²) < 4.78 is 29.2. The first kappa shape index (κ1) is 26.7. The second kappa shape index (κ2) is 11.2. The highest BCUT2D eigenvalue weighted by atomic mass is 16.7. The van der Waals surface area contributed by atoms with Gasteiger partial charge in [0.2, 0.25) is 12.6 Å². The Morgan fingerprint density at radius 1 is 0.902 bits per heavy atom. The zero-order chi connectivity index (χ0) is 28.5. The highest BCUT2D eigenvalue weighted by Gasteiger charge is 2.43. The molecule has 212 valence electrons. The molecule has 1 aromatic heterocycles. The number of hydrogen-bond donors (Lipinski definition) is 0. The van der Waals surface area contributed by atoms with E-state index in [2.05, 4.69) is 6.92 Å². The molecular formula is C33H33NO7. The van der Waals surface area contributed by atoms with Gasteiger partial charge in [0.1, 0.15) is 5.58 Å². The molecule has 2 aliphatic heterocycles. The quantitative estimate of drug-likeness (QED) is 0.205. The van der Waals surface area contributed by atoms with Crippen molar-refractivity contribution in [3.63, 3.8) is 0 Å². The fourth-order valence-electron chi connectivity index (χ4n) is 5.50. The number of hydrogen-bond acceptors (Lipinski definition) is 7. The van der Waals surface area contributed by atoms with Crippen molar-refractivity contribution in [2.24, 2.45) is 0 Å². The maximum Gasteiger partial charge on any atom is 0.291 e. The predicted molar refractivity (Wildman–Crippen MR) is 154 cm³/mol. The fraction of sp³-hybridized carbons (Fsp3) is 0.333. The van der Waals surface area contributed by atoms with Crippen LogP contribution in [0, 0.1) is 6.92 Å². The van der Waals surface area contributed by atoms with Gasteiger partial charge in [0.05, 0.1) is 30.2 Å². The summed E-state index contributed by atoms with van der Waals surface area (Å²) >= 11 is 0. The zero-order valence-corrected chi connectivity index (χ0v) is 23.5. The van der Waals surface area contributed by atoms with Gasteiger partial charge in [-0.25, -0.2) is 0 Å². The molecule has 1 amide bonds. The van der Waals surface area contributed by atoms with Crippen molar-refractivity contribution >= 4 is 16.9 Å². The van der Waals surface area contributed by atoms with Gasteiger partial charge in [-0.3, -0.25) is 9.59 Å². The molecule has 0 saturated heterocycles. The lowest BCUT2D eigenvalue weighted by atomic mass is 9.97. The summed E-state index contributed by atoms with van der Waals surface area (Å²) in [6, 6.07) is 16.0. The van der Waals surface area contributed by atoms with Crippen LogP contribution in [0.1, 0.15) is 72.0 Å². The zero-order valence-electron chi connectivity index (χ0n) is 23.5. The maximum absolute atomic E-state index is 14.0. The highest BCUT2D eigenvalue weighted by molar-refractivity contribution is 5.99. The van der Waals surface area contributed by atoms with Gasteiger partial charge in [0.25, 0.3) is 5.91 Å². The number of unbranched alkanes of at least 4 members (excludes halogenated alkanes) is 2. The van der Waals surface area contributed by atoms with E-state index in [9.17, 15) is 9.59 Å². The normalized spacial score (nSPS) is 15.4. The number of fused-ring (bicyclic) bond motifs is 3. The van der Waals surface area contributed by atoms with Crippen molar-refractivity contribution in [3.8, 4) is 23.0 Å². The van der Waals surface area contributed by atoms with E-state index >= 15 is 0 Å². The largest absolute Gasteiger partial charge is 0.490 e. The third-order valence-corrected chi connectivity index (χ3v) is 7.50. The van der Waals surface area contributed by atoms with Crippen LogP contribution in [0.3, 0.4) is 0 Å². The Balaban J connectivity index is 1.45. The molecule has 2 aliphatic rings. The summed E-state index contributed by atoms with van der Waals surface area (Å²) in [6.07, 6.45) is 3.14. The monoisotopic (exact) mass is 555 g/mol. The van der Waals surface area contributed by atoms with Gasteiger partial charge in [0.15, 0.2) is 28.4 Å². The van der Waals surface area contributed by atoms with E-state index in [0.29, 0.717) is 52.7 Å². The molecular weight excluding hydrogens is 522 g/mol. The number of benzene rings is 3. The minimum Gasteiger partial charge on any atom is -0.490 e. The minimum absolute atomic E-state index is 0.0648. The SMILES string of the molecule is CCCCCOc1ccc([C@@H]2c3c(oc4ccc(C)cc4c3=O)C(=O)N2Cc2ccc3c(c2)OCO3)cc1OCC. The molecule has 0 fully saturated rings. The molecule has 0 saturated carbocycles. The van der Waals surface area contributed by atoms with Crippen LogP contribution in [0.25, 0.3) is 11.0 Å². The van der Waals surface area contributed by atoms with Crippen molar-refractivity contribution in [1.82, 2.24) is 4.90 Å². The third-order valence-electron chi connectivity index (χ3n) is 7.50. The molecule has 3 aromatic carbocycles. The summed E-state index contributed by atoms with van der Waals surface area (Å²) in [5.41, 5.74) is 3.02. The summed E-state index contributed by atoms with van der Waals surface area (Å²) in [7, 11) is 0. The number of ether oxygens (including phenoxy) is 4. The molecule has 3 heterocycles. The first-order valence-corrected chi connectivity index (χ1v) is 14.1. The van der Waals surface area contributed by atoms with E-state index in [0.717, 1.165) is 36.0 Å². The number of carbonyl (C=O) groups is 1. The number of nitrogens with zero attached hydrogens (tertiary/aromatic N) is 1. The summed E-state index contributed by atoms with van der Waals surface area (Å²) in [5, 5.41) is 0.451. The maximum atomic E-state index is 14.0. The van der Waals surface area contributed by atoms with Crippen molar-refractivity contribution < 1.29 is 28.2 Å². The Morgan fingerprint density at radius 3 is 2.59 bits per heavy atom. The molecule has 0 unspecified atom stereocenters. The molecule has 4 aromatic rings. The molecule has 0 bridgehead atoms. The Labute approximate surface area is 238 Å². The molecule has 0 aliphatic carbocycles. The van der Waals surface area contributed by atoms with Crippen LogP contribution in [-0.2, 0) is 6.54 Å². The second-order valence-electron chi connectivity index (χ2n) is 10.4. The van der Waals surface area contributed by atoms with E-state index in [1.807, 2.05) is 62.4 Å². The van der Waals surface area contributed by atoms with Crippen molar-refractivity contribution in [2.75, 3.05) is 20.0 Å². The average molecular weight is 556 g/mol. The summed E-state index contributed by atoms with van der Waals surface area (Å²) in [5.74, 6) is 2.22. The average Bonchev–Trinajstić information content (AvgIpc) is 3.55. The standard InChI is InChI=1S/C33H33NO7/c1-4-6-7-14-38-25-13-10-22(17-28(25)37-5-2)30-29-31(35)23-15-20(3)8-11-24(23)41-32(29)33(36)34(30)18-21-9-12-26-27(16-21)40-19-39-26/h8-13,15-17,30H,4-7,14,18-19H2,1-3H3/t30-/m1/s1. The summed E-state index contributed by atoms with van der Waals surface area (Å²) in [6.45, 7) is 7.42. The van der Waals surface area contributed by atoms with Crippen LogP contribution in [0.2, 0.25) is 0 Å². The number of aryl methyl sites for hydroxylation is 1. The van der Waals surface area contributed by atoms with E-state index in [1.165, 1.54) is 0 Å². The van der Waals surface area contributed by atoms with Gasteiger partial charge in [-0.1, -0.05) is 43.5 Å². The molecule has 0 spiro atoms. The van der Waals surface area contributed by atoms with Crippen LogP contribution in [0.15, 0.2) is 63.8 Å². The van der Waals surface area contributed by atoms with Crippen LogP contribution < -0.4 is 24.4 Å². The van der Waals surface area contributed by atoms with E-state index in [4.69, 9.17) is 23.4 Å². The van der Waals surface area contributed by atoms with E-state index in [-0.39, 0.29) is 30.4 Å². The number of amides is 1. The Bertz CT molecular complexity index is 1670. The van der Waals surface area contributed by atoms with Gasteiger partial charge in [-0.05, 0) is 67.8 Å². The van der Waals surface area contributed by atoms with Crippen LogP contribution >= 0.6 is 0 Å². The topological polar surface area (TPSA) is 87.4 Å². The van der Waals surface area contributed by atoms with Gasteiger partial charge in [-0.15, -0.1) is 0 Å². The van der Waals surface area contributed by atoms with Gasteiger partial charge in [0, 0.05) is 6.54 Å². The van der Waals surface area contributed by atoms with E-state index < -0.39 is 6.04 Å². The van der Waals surface area contributed by atoms with Gasteiger partial charge < -0.3 is 28.3 Å². The predicted octanol–water partition coefficient (Wildman–Crippen LogP) is 6.54. The van der Waals surface area contributed by atoms with Crippen LogP contribution in [-0.4, -0.2) is 30.8 Å². The molecule has 1 atom stereocenters. The fourth-order valence-corrected chi connectivity index (χ4v) is 5.50. The van der Waals surface area contributed by atoms with Crippen molar-refractivity contribution in [1.29, 1.82) is 0 Å². The molecule has 8 nitrogen and oxygen atoms in total. The van der Waals surface area contributed by atoms with Crippen molar-refractivity contribution in [3.05, 3.63) is 92.8 Å². The number of carbonyl (C=O) groups excluding carboxylic acids is 1. The van der Waals surface area contributed by atoms with Crippen molar-refractivity contribution in [2.45, 2.75) is 52.6 Å². The first-order valence-electron chi connectivity index (χ1n) is 14.1. The molecule has 0 radical (unpaired) electrons. The minimum atomic E-state index is -0.683. The lowest BCUT2D eigenvalue weighted by Gasteiger charge is -2.26. The lowest BCUT2D eigenvalue weighted by Crippen LogP contribution is -2.29. The summed E-state index contributed by atoms with van der Waals surface area (Å²) in [4.78, 5) is 29.6. The van der Waals surface area contributed by atoms with E-state index in [1.54, 1.807) is 11.0 Å². The van der Waals surface area contributed by atoms with Gasteiger partial charge >= 0.3 is 0 Å². The molecule has 6 rings (SSSR count). The Morgan fingerprint density at radius 2 is 1.76 bits per heavy atom. The molecule has 8 heteroatoms. The van der Waals surface area contributed by atoms with Crippen LogP contribution in [0.4, 0.5) is 0 Å². The van der Waals surface area contributed by atoms with Crippen LogP contribution in [0.5, 0.6) is 23.0 Å². The lowest BCUT2D eigenvalue weighted by molar-refractivity contribution is 0.0714. The Hall–Kier alpha value is -4.46. The smallest absolute Gasteiger partial charge is 0.291 e. The molecule has 0 N–H and O–H groups in total. The highest BCUT2D eigenvalue weighted by Crippen LogP contribution is 2.42. The molecule has 41 heavy (non-hydrogen) atoms. The Kier molecular flexibility index (Phi) is 7.30. The van der Waals surface area contributed by atoms with Gasteiger partial charge in [-0.2, -0.15) is 0 Å². The first-order chi connectivity index (χ1) is 20.0. The third kappa shape index (κ3) is 4.99.